The summed E-state index contributed by atoms with van der Waals surface area (Å²) in [5.41, 5.74) is 4.66. The Hall–Kier alpha value is -3.73. The number of hydrogen-bond donors (Lipinski definition) is 1. The molecule has 3 aromatic rings. The molecule has 2 fully saturated rings. The van der Waals surface area contributed by atoms with Gasteiger partial charge in [0.15, 0.2) is 11.3 Å². The van der Waals surface area contributed by atoms with Crippen LogP contribution < -0.4 is 9.80 Å². The molecule has 43 heavy (non-hydrogen) atoms. The summed E-state index contributed by atoms with van der Waals surface area (Å²) in [6.07, 6.45) is 0.254. The average molecular weight is 606 g/mol. The Kier molecular flexibility index (Phi) is 8.02. The lowest BCUT2D eigenvalue weighted by Crippen LogP contribution is -2.57. The Labute approximate surface area is 254 Å². The molecule has 6 rings (SSSR count). The normalized spacial score (nSPS) is 22.7. The fourth-order valence-electron chi connectivity index (χ4n) is 6.25. The number of piperazine rings is 1. The summed E-state index contributed by atoms with van der Waals surface area (Å²) >= 11 is 1.36. The van der Waals surface area contributed by atoms with Gasteiger partial charge in [0.25, 0.3) is 0 Å². The van der Waals surface area contributed by atoms with Gasteiger partial charge >= 0.3 is 0 Å². The molecule has 3 aliphatic rings. The van der Waals surface area contributed by atoms with Crippen LogP contribution in [0, 0.1) is 24.1 Å². The number of likely N-dealkylation sites (tertiary alicyclic amines) is 1. The maximum atomic E-state index is 14.0. The number of halogens is 1. The zero-order valence-electron chi connectivity index (χ0n) is 24.6. The Balaban J connectivity index is 1.34. The molecule has 0 spiro atoms. The van der Waals surface area contributed by atoms with E-state index in [2.05, 4.69) is 27.7 Å². The number of carbonyl (C=O) groups is 1. The van der Waals surface area contributed by atoms with Crippen molar-refractivity contribution >= 4 is 40.4 Å². The summed E-state index contributed by atoms with van der Waals surface area (Å²) < 4.78 is 15.9. The molecule has 0 aliphatic carbocycles. The largest absolute Gasteiger partial charge is 0.389 e. The lowest BCUT2D eigenvalue weighted by Gasteiger charge is -2.42. The van der Waals surface area contributed by atoms with Gasteiger partial charge in [0.1, 0.15) is 22.6 Å². The first-order valence-electron chi connectivity index (χ1n) is 14.7. The van der Waals surface area contributed by atoms with Crippen LogP contribution >= 0.6 is 11.8 Å². The smallest absolute Gasteiger partial charge is 0.236 e. The number of aliphatic hydroxyl groups excluding tert-OH is 1. The fourth-order valence-corrected chi connectivity index (χ4v) is 7.17. The van der Waals surface area contributed by atoms with E-state index in [9.17, 15) is 19.6 Å². The van der Waals surface area contributed by atoms with Crippen molar-refractivity contribution in [3.63, 3.8) is 0 Å². The number of thioether (sulfide) groups is 1. The van der Waals surface area contributed by atoms with Crippen molar-refractivity contribution in [1.29, 1.82) is 5.26 Å². The quantitative estimate of drug-likeness (QED) is 0.413. The van der Waals surface area contributed by atoms with E-state index in [1.54, 1.807) is 22.6 Å². The van der Waals surface area contributed by atoms with Gasteiger partial charge in [-0.05, 0) is 32.4 Å². The number of nitriles is 1. The first-order valence-corrected chi connectivity index (χ1v) is 15.7. The predicted octanol–water partition coefficient (Wildman–Crippen LogP) is 2.41. The molecule has 0 bridgehead atoms. The van der Waals surface area contributed by atoms with Crippen molar-refractivity contribution in [3.05, 3.63) is 53.1 Å². The van der Waals surface area contributed by atoms with Crippen LogP contribution in [0.25, 0.3) is 5.65 Å². The highest BCUT2D eigenvalue weighted by molar-refractivity contribution is 8.13. The minimum Gasteiger partial charge on any atom is -0.389 e. The van der Waals surface area contributed by atoms with Crippen molar-refractivity contribution in [2.45, 2.75) is 44.2 Å². The number of anilines is 2. The number of benzene rings is 1. The van der Waals surface area contributed by atoms with Crippen molar-refractivity contribution in [2.24, 2.45) is 4.99 Å². The molecular formula is C30H36FN9O2S. The number of aliphatic imine (C=N–C) groups is 1. The fraction of sp³-hybridized carbons (Fsp3) is 0.500. The molecule has 2 aromatic heterocycles. The number of aliphatic hydroxyl groups is 1. The number of aryl methyl sites for hydroxylation is 2. The van der Waals surface area contributed by atoms with Gasteiger partial charge in [0.2, 0.25) is 5.91 Å². The molecule has 1 aromatic carbocycles. The molecule has 0 radical (unpaired) electrons. The molecule has 1 N–H and O–H groups in total. The number of aromatic nitrogens is 3. The molecule has 226 valence electrons. The first kappa shape index (κ1) is 29.3. The minimum absolute atomic E-state index is 0.0586. The summed E-state index contributed by atoms with van der Waals surface area (Å²) in [4.78, 5) is 30.8. The third-order valence-electron chi connectivity index (χ3n) is 8.60. The van der Waals surface area contributed by atoms with E-state index in [0.29, 0.717) is 38.2 Å². The Morgan fingerprint density at radius 3 is 2.56 bits per heavy atom. The summed E-state index contributed by atoms with van der Waals surface area (Å²) in [6.45, 7) is 10.7. The highest BCUT2D eigenvalue weighted by Gasteiger charge is 2.50. The van der Waals surface area contributed by atoms with Crippen LogP contribution in [-0.4, -0.2) is 105 Å². The standard InChI is InChI=1S/C30H36FN9O2S/c1-4-24-28(39(5-2)30(25(15-32)43-19-33-30)21-6-8-22(31)9-7-21)29-34-26(14-20(3)40(29)35-24)37-12-10-36(11-13-37)18-27(42)38-16-23(41)17-38/h6-9,14,19,23,25,41H,4-5,10-13,16-18H2,1-3H3. The third-order valence-corrected chi connectivity index (χ3v) is 9.53. The molecule has 2 unspecified atom stereocenters. The number of nitrogens with zero attached hydrogens (tertiary/aromatic N) is 9. The van der Waals surface area contributed by atoms with E-state index < -0.39 is 17.0 Å². The zero-order valence-corrected chi connectivity index (χ0v) is 25.5. The lowest BCUT2D eigenvalue weighted by molar-refractivity contribution is -0.142. The van der Waals surface area contributed by atoms with E-state index in [0.717, 1.165) is 54.6 Å². The highest BCUT2D eigenvalue weighted by Crippen LogP contribution is 2.47. The number of rotatable bonds is 8. The van der Waals surface area contributed by atoms with Crippen molar-refractivity contribution in [1.82, 2.24) is 24.4 Å². The SMILES string of the molecule is CCc1nn2c(C)cc(N3CCN(CC(=O)N4CC(O)C4)CC3)nc2c1N(CC)C1(c2ccc(F)cc2)N=CSC1C#N. The van der Waals surface area contributed by atoms with Crippen LogP contribution in [0.3, 0.4) is 0 Å². The van der Waals surface area contributed by atoms with E-state index in [-0.39, 0.29) is 11.7 Å². The maximum Gasteiger partial charge on any atom is 0.236 e. The van der Waals surface area contributed by atoms with Crippen molar-refractivity contribution in [2.75, 3.05) is 62.2 Å². The van der Waals surface area contributed by atoms with Gasteiger partial charge in [-0.2, -0.15) is 10.4 Å². The summed E-state index contributed by atoms with van der Waals surface area (Å²) in [5.74, 6) is 0.544. The molecule has 0 saturated carbocycles. The second-order valence-corrected chi connectivity index (χ2v) is 12.2. The van der Waals surface area contributed by atoms with Crippen LogP contribution in [0.5, 0.6) is 0 Å². The van der Waals surface area contributed by atoms with Crippen LogP contribution in [-0.2, 0) is 16.9 Å². The number of fused-ring (bicyclic) bond motifs is 1. The number of carbonyl (C=O) groups excluding carboxylic acids is 1. The van der Waals surface area contributed by atoms with Gasteiger partial charge in [-0.1, -0.05) is 30.8 Å². The average Bonchev–Trinajstić information content (AvgIpc) is 3.59. The molecule has 5 heterocycles. The number of hydrogen-bond acceptors (Lipinski definition) is 10. The molecule has 3 aliphatic heterocycles. The van der Waals surface area contributed by atoms with Crippen molar-refractivity contribution < 1.29 is 14.3 Å². The third kappa shape index (κ3) is 5.11. The lowest BCUT2D eigenvalue weighted by atomic mass is 9.93. The Morgan fingerprint density at radius 1 is 1.21 bits per heavy atom. The number of β-amino-alcohol motifs (C(OH)–C–C–N with tert-alkyl or cyclic N) is 1. The monoisotopic (exact) mass is 605 g/mol. The van der Waals surface area contributed by atoms with Gasteiger partial charge in [0.05, 0.1) is 30.0 Å². The van der Waals surface area contributed by atoms with Gasteiger partial charge in [-0.15, -0.1) is 0 Å². The second kappa shape index (κ2) is 11.7. The zero-order chi connectivity index (χ0) is 30.3. The topological polar surface area (TPSA) is 117 Å². The second-order valence-electron chi connectivity index (χ2n) is 11.2. The van der Waals surface area contributed by atoms with Gasteiger partial charge < -0.3 is 19.8 Å². The van der Waals surface area contributed by atoms with E-state index >= 15 is 0 Å². The Bertz CT molecular complexity index is 1570. The molecular weight excluding hydrogens is 569 g/mol. The van der Waals surface area contributed by atoms with Gasteiger partial charge in [0, 0.05) is 63.1 Å². The van der Waals surface area contributed by atoms with Crippen molar-refractivity contribution in [3.8, 4) is 6.07 Å². The summed E-state index contributed by atoms with van der Waals surface area (Å²) in [6, 6.07) is 10.7. The molecule has 2 saturated heterocycles. The first-order chi connectivity index (χ1) is 20.8. The minimum atomic E-state index is -1.08. The Morgan fingerprint density at radius 2 is 1.93 bits per heavy atom. The van der Waals surface area contributed by atoms with E-state index in [4.69, 9.17) is 15.1 Å². The van der Waals surface area contributed by atoms with E-state index in [1.165, 1.54) is 23.9 Å². The van der Waals surface area contributed by atoms with Crippen LogP contribution in [0.4, 0.5) is 15.9 Å². The molecule has 1 amide bonds. The molecule has 11 nitrogen and oxygen atoms in total. The molecule has 2 atom stereocenters. The van der Waals surface area contributed by atoms with Crippen LogP contribution in [0.15, 0.2) is 35.3 Å². The highest BCUT2D eigenvalue weighted by atomic mass is 32.2. The van der Waals surface area contributed by atoms with Crippen LogP contribution in [0.1, 0.15) is 30.8 Å². The molecule has 13 heteroatoms. The maximum absolute atomic E-state index is 14.0. The van der Waals surface area contributed by atoms with Gasteiger partial charge in [-0.3, -0.25) is 14.7 Å². The summed E-state index contributed by atoms with van der Waals surface area (Å²) in [7, 11) is 0. The number of amides is 1. The predicted molar refractivity (Wildman–Crippen MR) is 165 cm³/mol. The van der Waals surface area contributed by atoms with Gasteiger partial charge in [-0.25, -0.2) is 13.9 Å². The summed E-state index contributed by atoms with van der Waals surface area (Å²) in [5, 5.41) is 24.2. The van der Waals surface area contributed by atoms with E-state index in [1.807, 2.05) is 24.4 Å². The van der Waals surface area contributed by atoms with Crippen LogP contribution in [0.2, 0.25) is 0 Å².